The molecule has 3 aromatic carbocycles. The molecule has 6 heteroatoms. The molecule has 0 aromatic heterocycles. The topological polar surface area (TPSA) is 67.9 Å². The first-order valence-electron chi connectivity index (χ1n) is 11.9. The Balaban J connectivity index is 1.85. The molecule has 6 nitrogen and oxygen atoms in total. The minimum absolute atomic E-state index is 0.170. The van der Waals surface area contributed by atoms with Gasteiger partial charge in [-0.3, -0.25) is 9.59 Å². The van der Waals surface area contributed by atoms with Crippen molar-refractivity contribution < 1.29 is 19.1 Å². The zero-order valence-electron chi connectivity index (χ0n) is 20.6. The lowest BCUT2D eigenvalue weighted by atomic mass is 10.0. The predicted molar refractivity (Wildman–Crippen MR) is 137 cm³/mol. The second-order valence-electron chi connectivity index (χ2n) is 8.82. The molecule has 1 N–H and O–H groups in total. The highest BCUT2D eigenvalue weighted by Gasteiger charge is 2.30. The third-order valence-electron chi connectivity index (χ3n) is 5.57. The second-order valence-corrected chi connectivity index (χ2v) is 8.82. The molecule has 0 fully saturated rings. The van der Waals surface area contributed by atoms with Crippen molar-refractivity contribution in [2.75, 3.05) is 20.3 Å². The first kappa shape index (κ1) is 25.8. The Morgan fingerprint density at radius 3 is 1.97 bits per heavy atom. The summed E-state index contributed by atoms with van der Waals surface area (Å²) < 4.78 is 11.0. The summed E-state index contributed by atoms with van der Waals surface area (Å²) in [4.78, 5) is 28.5. The number of nitrogens with zero attached hydrogens (tertiary/aromatic N) is 1. The molecule has 0 aliphatic heterocycles. The van der Waals surface area contributed by atoms with Crippen LogP contribution in [0.3, 0.4) is 0 Å². The molecule has 1 unspecified atom stereocenters. The van der Waals surface area contributed by atoms with Gasteiger partial charge in [0, 0.05) is 19.5 Å². The van der Waals surface area contributed by atoms with Gasteiger partial charge in [-0.1, -0.05) is 74.5 Å². The van der Waals surface area contributed by atoms with Gasteiger partial charge in [-0.2, -0.15) is 0 Å². The monoisotopic (exact) mass is 474 g/mol. The molecule has 0 bridgehead atoms. The summed E-state index contributed by atoms with van der Waals surface area (Å²) in [5.74, 6) is 1.14. The van der Waals surface area contributed by atoms with Crippen LogP contribution in [0, 0.1) is 5.92 Å². The zero-order valence-corrected chi connectivity index (χ0v) is 20.6. The molecule has 184 valence electrons. The van der Waals surface area contributed by atoms with Crippen molar-refractivity contribution in [2.45, 2.75) is 32.9 Å². The molecule has 3 rings (SSSR count). The highest BCUT2D eigenvalue weighted by atomic mass is 16.5. The van der Waals surface area contributed by atoms with Gasteiger partial charge in [0.25, 0.3) is 5.91 Å². The molecule has 3 aromatic rings. The number of carbonyl (C=O) groups excluding carboxylic acids is 2. The van der Waals surface area contributed by atoms with Crippen LogP contribution in [0.4, 0.5) is 0 Å². The van der Waals surface area contributed by atoms with Gasteiger partial charge in [-0.25, -0.2) is 0 Å². The number of ether oxygens (including phenoxy) is 2. The molecular formula is C29H34N2O4. The number of nitrogens with one attached hydrogen (secondary N) is 1. The lowest BCUT2D eigenvalue weighted by molar-refractivity contribution is -0.142. The van der Waals surface area contributed by atoms with E-state index in [2.05, 4.69) is 5.32 Å². The maximum absolute atomic E-state index is 13.5. The molecule has 0 aliphatic carbocycles. The third-order valence-corrected chi connectivity index (χ3v) is 5.57. The Morgan fingerprint density at radius 2 is 1.40 bits per heavy atom. The normalized spacial score (nSPS) is 11.5. The number of carbonyl (C=O) groups is 2. The van der Waals surface area contributed by atoms with Crippen molar-refractivity contribution in [3.63, 3.8) is 0 Å². The highest BCUT2D eigenvalue weighted by molar-refractivity contribution is 5.88. The average molecular weight is 475 g/mol. The minimum Gasteiger partial charge on any atom is -0.497 e. The van der Waals surface area contributed by atoms with Crippen LogP contribution in [-0.4, -0.2) is 43.0 Å². The number of amides is 2. The molecule has 35 heavy (non-hydrogen) atoms. The highest BCUT2D eigenvalue weighted by Crippen LogP contribution is 2.19. The second kappa shape index (κ2) is 13.2. The van der Waals surface area contributed by atoms with E-state index in [1.807, 2.05) is 74.5 Å². The number of hydrogen-bond donors (Lipinski definition) is 1. The van der Waals surface area contributed by atoms with Gasteiger partial charge < -0.3 is 19.7 Å². The molecule has 0 heterocycles. The quantitative estimate of drug-likeness (QED) is 0.420. The van der Waals surface area contributed by atoms with E-state index in [4.69, 9.17) is 9.47 Å². The van der Waals surface area contributed by atoms with Crippen molar-refractivity contribution >= 4 is 11.8 Å². The zero-order chi connectivity index (χ0) is 25.0. The Hall–Kier alpha value is -3.80. The predicted octanol–water partition coefficient (Wildman–Crippen LogP) is 4.49. The Kier molecular flexibility index (Phi) is 9.72. The summed E-state index contributed by atoms with van der Waals surface area (Å²) in [5, 5.41) is 3.02. The van der Waals surface area contributed by atoms with E-state index < -0.39 is 6.04 Å². The van der Waals surface area contributed by atoms with Crippen LogP contribution in [0.2, 0.25) is 0 Å². The molecule has 0 radical (unpaired) electrons. The van der Waals surface area contributed by atoms with Gasteiger partial charge >= 0.3 is 0 Å². The van der Waals surface area contributed by atoms with E-state index in [9.17, 15) is 9.59 Å². The lowest BCUT2D eigenvalue weighted by Gasteiger charge is -2.31. The molecule has 0 aliphatic rings. The molecule has 2 amide bonds. The average Bonchev–Trinajstić information content (AvgIpc) is 2.89. The van der Waals surface area contributed by atoms with Crippen molar-refractivity contribution in [3.8, 4) is 11.5 Å². The maximum Gasteiger partial charge on any atom is 0.261 e. The summed E-state index contributed by atoms with van der Waals surface area (Å²) in [7, 11) is 1.60. The largest absolute Gasteiger partial charge is 0.497 e. The Morgan fingerprint density at radius 1 is 0.829 bits per heavy atom. The first-order chi connectivity index (χ1) is 17.0. The van der Waals surface area contributed by atoms with Crippen LogP contribution < -0.4 is 14.8 Å². The fraction of sp³-hybridized carbons (Fsp3) is 0.310. The number of benzene rings is 3. The Labute approximate surface area is 207 Å². The SMILES string of the molecule is COc1ccc(OCC(=O)N(Cc2ccccc2)C(Cc2ccccc2)C(=O)NCC(C)C)cc1. The molecule has 1 atom stereocenters. The van der Waals surface area contributed by atoms with E-state index >= 15 is 0 Å². The van der Waals surface area contributed by atoms with Crippen LogP contribution in [0.15, 0.2) is 84.9 Å². The summed E-state index contributed by atoms with van der Waals surface area (Å²) in [5.41, 5.74) is 1.93. The van der Waals surface area contributed by atoms with Crippen molar-refractivity contribution in [2.24, 2.45) is 5.92 Å². The van der Waals surface area contributed by atoms with E-state index in [1.165, 1.54) is 0 Å². The maximum atomic E-state index is 13.5. The van der Waals surface area contributed by atoms with Gasteiger partial charge in [0.15, 0.2) is 6.61 Å². The van der Waals surface area contributed by atoms with Crippen molar-refractivity contribution in [1.82, 2.24) is 10.2 Å². The van der Waals surface area contributed by atoms with Crippen LogP contribution in [-0.2, 0) is 22.6 Å². The third kappa shape index (κ3) is 8.18. The molecule has 0 saturated heterocycles. The number of hydrogen-bond acceptors (Lipinski definition) is 4. The number of rotatable bonds is 12. The van der Waals surface area contributed by atoms with Crippen molar-refractivity contribution in [3.05, 3.63) is 96.1 Å². The van der Waals surface area contributed by atoms with Crippen LogP contribution in [0.5, 0.6) is 11.5 Å². The smallest absolute Gasteiger partial charge is 0.261 e. The van der Waals surface area contributed by atoms with E-state index in [0.717, 1.165) is 11.1 Å². The van der Waals surface area contributed by atoms with Crippen LogP contribution in [0.1, 0.15) is 25.0 Å². The van der Waals surface area contributed by atoms with Crippen molar-refractivity contribution in [1.29, 1.82) is 0 Å². The summed E-state index contributed by atoms with van der Waals surface area (Å²) in [6, 6.07) is 25.8. The van der Waals surface area contributed by atoms with Gasteiger partial charge in [-0.05, 0) is 41.3 Å². The van der Waals surface area contributed by atoms with Gasteiger partial charge in [0.1, 0.15) is 17.5 Å². The fourth-order valence-electron chi connectivity index (χ4n) is 3.66. The van der Waals surface area contributed by atoms with Gasteiger partial charge in [-0.15, -0.1) is 0 Å². The lowest BCUT2D eigenvalue weighted by Crippen LogP contribution is -2.52. The Bertz CT molecular complexity index is 1050. The van der Waals surface area contributed by atoms with Crippen LogP contribution in [0.25, 0.3) is 0 Å². The standard InChI is InChI=1S/C29H34N2O4/c1-22(2)19-30-29(33)27(18-23-10-6-4-7-11-23)31(20-24-12-8-5-9-13-24)28(32)21-35-26-16-14-25(34-3)15-17-26/h4-17,22,27H,18-21H2,1-3H3,(H,30,33). The van der Waals surface area contributed by atoms with Gasteiger partial charge in [0.05, 0.1) is 7.11 Å². The molecular weight excluding hydrogens is 440 g/mol. The number of methoxy groups -OCH3 is 1. The fourth-order valence-corrected chi connectivity index (χ4v) is 3.66. The van der Waals surface area contributed by atoms with E-state index in [1.54, 1.807) is 36.3 Å². The first-order valence-corrected chi connectivity index (χ1v) is 11.9. The molecule has 0 saturated carbocycles. The van der Waals surface area contributed by atoms with E-state index in [-0.39, 0.29) is 18.4 Å². The van der Waals surface area contributed by atoms with Crippen LogP contribution >= 0.6 is 0 Å². The summed E-state index contributed by atoms with van der Waals surface area (Å²) in [6.45, 7) is 4.75. The summed E-state index contributed by atoms with van der Waals surface area (Å²) in [6.07, 6.45) is 0.409. The van der Waals surface area contributed by atoms with E-state index in [0.29, 0.717) is 36.9 Å². The summed E-state index contributed by atoms with van der Waals surface area (Å²) >= 11 is 0. The minimum atomic E-state index is -0.677. The van der Waals surface area contributed by atoms with Gasteiger partial charge in [0.2, 0.25) is 5.91 Å². The molecule has 0 spiro atoms.